The predicted molar refractivity (Wildman–Crippen MR) is 84.3 cm³/mol. The van der Waals surface area contributed by atoms with Crippen LogP contribution in [-0.2, 0) is 14.9 Å². The lowest BCUT2D eigenvalue weighted by molar-refractivity contribution is -0.148. The number of anilines is 1. The first-order chi connectivity index (χ1) is 9.32. The van der Waals surface area contributed by atoms with Crippen molar-refractivity contribution in [1.82, 2.24) is 4.98 Å². The summed E-state index contributed by atoms with van der Waals surface area (Å²) in [4.78, 5) is 16.5. The molecule has 0 saturated heterocycles. The van der Waals surface area contributed by atoms with Gasteiger partial charge in [0, 0.05) is 11.4 Å². The zero-order valence-electron chi connectivity index (χ0n) is 13.3. The van der Waals surface area contributed by atoms with Gasteiger partial charge in [-0.25, -0.2) is 4.98 Å². The van der Waals surface area contributed by atoms with Gasteiger partial charge in [-0.15, -0.1) is 11.3 Å². The van der Waals surface area contributed by atoms with Crippen molar-refractivity contribution < 1.29 is 9.53 Å². The summed E-state index contributed by atoms with van der Waals surface area (Å²) >= 11 is 1.54. The number of thiazole rings is 1. The van der Waals surface area contributed by atoms with Crippen molar-refractivity contribution >= 4 is 22.4 Å². The third-order valence-electron chi connectivity index (χ3n) is 3.48. The summed E-state index contributed by atoms with van der Waals surface area (Å²) < 4.78 is 5.12. The second-order valence-corrected chi connectivity index (χ2v) is 6.64. The summed E-state index contributed by atoms with van der Waals surface area (Å²) in [6.45, 7) is 12.5. The van der Waals surface area contributed by atoms with Crippen LogP contribution in [0.4, 0.5) is 5.13 Å². The molecule has 0 bridgehead atoms. The van der Waals surface area contributed by atoms with Crippen molar-refractivity contribution in [3.63, 3.8) is 0 Å². The molecule has 114 valence electrons. The monoisotopic (exact) mass is 298 g/mol. The van der Waals surface area contributed by atoms with E-state index in [1.165, 1.54) is 0 Å². The van der Waals surface area contributed by atoms with Gasteiger partial charge in [0.25, 0.3) is 0 Å². The smallest absolute Gasteiger partial charge is 0.317 e. The third-order valence-corrected chi connectivity index (χ3v) is 4.26. The summed E-state index contributed by atoms with van der Waals surface area (Å²) in [7, 11) is 0. The van der Waals surface area contributed by atoms with Gasteiger partial charge in [0.1, 0.15) is 5.41 Å². The van der Waals surface area contributed by atoms with E-state index in [4.69, 9.17) is 4.74 Å². The van der Waals surface area contributed by atoms with Crippen LogP contribution in [0.2, 0.25) is 0 Å². The fourth-order valence-electron chi connectivity index (χ4n) is 1.94. The summed E-state index contributed by atoms with van der Waals surface area (Å²) in [6.07, 6.45) is 1.05. The van der Waals surface area contributed by atoms with Crippen LogP contribution in [0.3, 0.4) is 0 Å². The molecule has 1 heterocycles. The highest BCUT2D eigenvalue weighted by atomic mass is 32.1. The van der Waals surface area contributed by atoms with Gasteiger partial charge in [0.15, 0.2) is 5.13 Å². The second kappa shape index (κ2) is 7.07. The quantitative estimate of drug-likeness (QED) is 0.777. The fraction of sp³-hybridized carbons (Fsp3) is 0.733. The molecule has 1 atom stereocenters. The average molecular weight is 298 g/mol. The highest BCUT2D eigenvalue weighted by Crippen LogP contribution is 2.29. The van der Waals surface area contributed by atoms with Crippen LogP contribution in [0, 0.1) is 5.92 Å². The SMILES string of the molecule is CCOC(=O)C(C)(C)c1csc(NC(CC)C(C)C)n1. The zero-order valence-corrected chi connectivity index (χ0v) is 14.1. The van der Waals surface area contributed by atoms with Gasteiger partial charge in [-0.1, -0.05) is 20.8 Å². The van der Waals surface area contributed by atoms with Crippen molar-refractivity contribution in [1.29, 1.82) is 0 Å². The van der Waals surface area contributed by atoms with Crippen molar-refractivity contribution in [2.24, 2.45) is 5.92 Å². The van der Waals surface area contributed by atoms with Gasteiger partial charge in [0.2, 0.25) is 0 Å². The van der Waals surface area contributed by atoms with Crippen LogP contribution in [0.25, 0.3) is 0 Å². The molecule has 1 aromatic rings. The lowest BCUT2D eigenvalue weighted by Gasteiger charge is -2.21. The number of aromatic nitrogens is 1. The number of hydrogen-bond acceptors (Lipinski definition) is 5. The van der Waals surface area contributed by atoms with E-state index in [2.05, 4.69) is 31.1 Å². The van der Waals surface area contributed by atoms with Gasteiger partial charge in [-0.3, -0.25) is 4.79 Å². The maximum Gasteiger partial charge on any atom is 0.317 e. The summed E-state index contributed by atoms with van der Waals surface area (Å²) in [5, 5.41) is 6.26. The summed E-state index contributed by atoms with van der Waals surface area (Å²) in [6, 6.07) is 0.403. The van der Waals surface area contributed by atoms with Crippen LogP contribution in [0.1, 0.15) is 53.7 Å². The Kier molecular flexibility index (Phi) is 5.99. The Bertz CT molecular complexity index is 441. The lowest BCUT2D eigenvalue weighted by atomic mass is 9.90. The minimum atomic E-state index is -0.702. The van der Waals surface area contributed by atoms with Gasteiger partial charge >= 0.3 is 5.97 Å². The molecule has 20 heavy (non-hydrogen) atoms. The molecule has 0 fully saturated rings. The van der Waals surface area contributed by atoms with Crippen molar-refractivity contribution in [3.05, 3.63) is 11.1 Å². The molecule has 1 rings (SSSR count). The second-order valence-electron chi connectivity index (χ2n) is 5.79. The Hall–Kier alpha value is -1.10. The van der Waals surface area contributed by atoms with Crippen LogP contribution in [0.5, 0.6) is 0 Å². The summed E-state index contributed by atoms with van der Waals surface area (Å²) in [5.74, 6) is 0.318. The molecule has 0 saturated carbocycles. The fourth-order valence-corrected chi connectivity index (χ4v) is 2.88. The average Bonchev–Trinajstić information content (AvgIpc) is 2.85. The minimum Gasteiger partial charge on any atom is -0.465 e. The Balaban J connectivity index is 2.83. The first-order valence-electron chi connectivity index (χ1n) is 7.22. The van der Waals surface area contributed by atoms with E-state index in [-0.39, 0.29) is 5.97 Å². The number of carbonyl (C=O) groups is 1. The topological polar surface area (TPSA) is 51.2 Å². The van der Waals surface area contributed by atoms with Gasteiger partial charge < -0.3 is 10.1 Å². The van der Waals surface area contributed by atoms with Gasteiger partial charge in [-0.05, 0) is 33.1 Å². The van der Waals surface area contributed by atoms with E-state index in [9.17, 15) is 4.79 Å². The third kappa shape index (κ3) is 3.95. The van der Waals surface area contributed by atoms with Crippen LogP contribution in [0.15, 0.2) is 5.38 Å². The van der Waals surface area contributed by atoms with E-state index < -0.39 is 5.41 Å². The number of rotatable bonds is 7. The summed E-state index contributed by atoms with van der Waals surface area (Å²) in [5.41, 5.74) is 0.0634. The lowest BCUT2D eigenvalue weighted by Crippen LogP contribution is -2.31. The first-order valence-corrected chi connectivity index (χ1v) is 8.10. The van der Waals surface area contributed by atoms with E-state index in [1.54, 1.807) is 11.3 Å². The maximum atomic E-state index is 12.0. The maximum absolute atomic E-state index is 12.0. The molecule has 5 heteroatoms. The standard InChI is InChI=1S/C15H26N2O2S/c1-7-11(10(3)4)16-14-17-12(9-20-14)15(5,6)13(18)19-8-2/h9-11H,7-8H2,1-6H3,(H,16,17). The molecule has 0 aliphatic rings. The van der Waals surface area contributed by atoms with E-state index in [1.807, 2.05) is 26.2 Å². The molecule has 0 aromatic carbocycles. The Morgan fingerprint density at radius 3 is 2.60 bits per heavy atom. The number of nitrogens with one attached hydrogen (secondary N) is 1. The number of esters is 1. The highest BCUT2D eigenvalue weighted by molar-refractivity contribution is 7.13. The van der Waals surface area contributed by atoms with Crippen molar-refractivity contribution in [3.8, 4) is 0 Å². The molecule has 0 amide bonds. The van der Waals surface area contributed by atoms with Crippen molar-refractivity contribution in [2.45, 2.75) is 59.4 Å². The Morgan fingerprint density at radius 1 is 1.45 bits per heavy atom. The van der Waals surface area contributed by atoms with Crippen LogP contribution < -0.4 is 5.32 Å². The van der Waals surface area contributed by atoms with Crippen molar-refractivity contribution in [2.75, 3.05) is 11.9 Å². The normalized spacial score (nSPS) is 13.3. The number of hydrogen-bond donors (Lipinski definition) is 1. The van der Waals surface area contributed by atoms with E-state index in [0.717, 1.165) is 17.2 Å². The molecule has 0 spiro atoms. The first kappa shape index (κ1) is 17.0. The molecular formula is C15H26N2O2S. The number of ether oxygens (including phenoxy) is 1. The molecular weight excluding hydrogens is 272 g/mol. The van der Waals surface area contributed by atoms with Gasteiger partial charge in [0.05, 0.1) is 12.3 Å². The van der Waals surface area contributed by atoms with Crippen LogP contribution in [-0.4, -0.2) is 23.6 Å². The van der Waals surface area contributed by atoms with Crippen LogP contribution >= 0.6 is 11.3 Å². The largest absolute Gasteiger partial charge is 0.465 e. The molecule has 0 radical (unpaired) electrons. The molecule has 1 aromatic heterocycles. The number of nitrogens with zero attached hydrogens (tertiary/aromatic N) is 1. The molecule has 4 nitrogen and oxygen atoms in total. The van der Waals surface area contributed by atoms with E-state index in [0.29, 0.717) is 18.6 Å². The molecule has 1 N–H and O–H groups in total. The number of carbonyl (C=O) groups excluding carboxylic acids is 1. The van der Waals surface area contributed by atoms with E-state index >= 15 is 0 Å². The zero-order chi connectivity index (χ0) is 15.3. The molecule has 0 aliphatic carbocycles. The predicted octanol–water partition coefficient (Wildman–Crippen LogP) is 3.83. The molecule has 1 unspecified atom stereocenters. The molecule has 0 aliphatic heterocycles. The Labute approximate surface area is 125 Å². The minimum absolute atomic E-state index is 0.229. The highest BCUT2D eigenvalue weighted by Gasteiger charge is 2.34. The Morgan fingerprint density at radius 2 is 2.10 bits per heavy atom. The van der Waals surface area contributed by atoms with Gasteiger partial charge in [-0.2, -0.15) is 0 Å².